The van der Waals surface area contributed by atoms with Crippen LogP contribution < -0.4 is 16.0 Å². The summed E-state index contributed by atoms with van der Waals surface area (Å²) in [6.07, 6.45) is 5.04. The number of guanidine groups is 1. The van der Waals surface area contributed by atoms with E-state index in [9.17, 15) is 14.4 Å². The highest BCUT2D eigenvalue weighted by Crippen LogP contribution is 2.17. The molecule has 0 bridgehead atoms. The number of nitrogens with one attached hydrogen (secondary N) is 3. The lowest BCUT2D eigenvalue weighted by Crippen LogP contribution is -2.47. The van der Waals surface area contributed by atoms with E-state index < -0.39 is 23.4 Å². The number of carbonyl (C=O) groups excluding carboxylic acids is 3. The van der Waals surface area contributed by atoms with Crippen molar-refractivity contribution in [3.05, 3.63) is 12.2 Å². The van der Waals surface area contributed by atoms with Gasteiger partial charge in [-0.05, 0) is 60.8 Å². The Hall–Kier alpha value is -2.58. The lowest BCUT2D eigenvalue weighted by atomic mass is 9.94. The van der Waals surface area contributed by atoms with Gasteiger partial charge in [-0.3, -0.25) is 20.4 Å². The number of alkyl carbamates (subject to hydrolysis) is 2. The molecule has 1 aliphatic carbocycles. The first kappa shape index (κ1) is 24.5. The van der Waals surface area contributed by atoms with Crippen molar-refractivity contribution in [1.82, 2.24) is 16.0 Å². The summed E-state index contributed by atoms with van der Waals surface area (Å²) in [5.74, 6) is -0.155. The lowest BCUT2D eigenvalue weighted by Gasteiger charge is -2.22. The minimum Gasteiger partial charge on any atom is -0.444 e. The molecule has 0 fully saturated rings. The topological polar surface area (TPSA) is 118 Å². The van der Waals surface area contributed by atoms with Gasteiger partial charge in [-0.15, -0.1) is 0 Å². The van der Waals surface area contributed by atoms with Crippen LogP contribution >= 0.6 is 0 Å². The third-order valence-electron chi connectivity index (χ3n) is 3.56. The van der Waals surface area contributed by atoms with Crippen molar-refractivity contribution in [2.75, 3.05) is 13.1 Å². The molecule has 9 heteroatoms. The fourth-order valence-electron chi connectivity index (χ4n) is 2.43. The van der Waals surface area contributed by atoms with Crippen molar-refractivity contribution in [2.45, 2.75) is 72.0 Å². The molecule has 0 saturated heterocycles. The predicted octanol–water partition coefficient (Wildman–Crippen LogP) is 2.86. The highest BCUT2D eigenvalue weighted by Gasteiger charge is 2.21. The summed E-state index contributed by atoms with van der Waals surface area (Å²) in [5.41, 5.74) is -1.41. The van der Waals surface area contributed by atoms with Gasteiger partial charge >= 0.3 is 12.2 Å². The fraction of sp³-hybridized carbons (Fsp3) is 0.700. The van der Waals surface area contributed by atoms with Crippen LogP contribution in [0.3, 0.4) is 0 Å². The summed E-state index contributed by atoms with van der Waals surface area (Å²) in [7, 11) is 0. The molecule has 9 nitrogen and oxygen atoms in total. The zero-order valence-corrected chi connectivity index (χ0v) is 18.3. The minimum atomic E-state index is -0.759. The molecule has 1 rings (SSSR count). The number of nitrogens with zero attached hydrogens (tertiary/aromatic N) is 1. The van der Waals surface area contributed by atoms with E-state index in [0.717, 1.165) is 19.3 Å². The molecule has 0 aromatic rings. The minimum absolute atomic E-state index is 0.0219. The van der Waals surface area contributed by atoms with Gasteiger partial charge in [0.2, 0.25) is 11.9 Å². The highest BCUT2D eigenvalue weighted by atomic mass is 16.6. The third kappa shape index (κ3) is 11.8. The van der Waals surface area contributed by atoms with Crippen molar-refractivity contribution in [3.8, 4) is 0 Å². The van der Waals surface area contributed by atoms with Crippen molar-refractivity contribution < 1.29 is 23.9 Å². The Morgan fingerprint density at radius 2 is 1.52 bits per heavy atom. The van der Waals surface area contributed by atoms with Crippen LogP contribution in [0.4, 0.5) is 9.59 Å². The average molecular weight is 411 g/mol. The molecule has 0 saturated carbocycles. The number of ether oxygens (including phenoxy) is 2. The first-order valence-electron chi connectivity index (χ1n) is 9.83. The van der Waals surface area contributed by atoms with E-state index >= 15 is 0 Å². The fourth-order valence-corrected chi connectivity index (χ4v) is 2.43. The van der Waals surface area contributed by atoms with Gasteiger partial charge in [0.25, 0.3) is 0 Å². The van der Waals surface area contributed by atoms with E-state index in [1.165, 1.54) is 0 Å². The normalized spacial score (nSPS) is 16.4. The number of aliphatic imine (C=N–C) groups is 1. The molecule has 164 valence electrons. The molecule has 3 amide bonds. The van der Waals surface area contributed by atoms with E-state index in [1.807, 2.05) is 6.08 Å². The number of carbonyl (C=O) groups is 3. The maximum Gasteiger partial charge on any atom is 0.414 e. The summed E-state index contributed by atoms with van der Waals surface area (Å²) in [6.45, 7) is 10.8. The Morgan fingerprint density at radius 1 is 0.966 bits per heavy atom. The van der Waals surface area contributed by atoms with E-state index in [2.05, 4.69) is 27.0 Å². The van der Waals surface area contributed by atoms with Gasteiger partial charge < -0.3 is 14.8 Å². The molecule has 0 aromatic carbocycles. The predicted molar refractivity (Wildman–Crippen MR) is 111 cm³/mol. The molecular weight excluding hydrogens is 376 g/mol. The highest BCUT2D eigenvalue weighted by molar-refractivity contribution is 6.01. The smallest absolute Gasteiger partial charge is 0.414 e. The molecule has 29 heavy (non-hydrogen) atoms. The zero-order valence-electron chi connectivity index (χ0n) is 18.3. The molecule has 3 N–H and O–H groups in total. The van der Waals surface area contributed by atoms with Gasteiger partial charge in [-0.2, -0.15) is 0 Å². The number of amides is 3. The zero-order chi connectivity index (χ0) is 22.1. The summed E-state index contributed by atoms with van der Waals surface area (Å²) in [6, 6.07) is 0. The number of hydrogen-bond acceptors (Lipinski definition) is 6. The van der Waals surface area contributed by atoms with E-state index in [1.54, 1.807) is 41.5 Å². The largest absolute Gasteiger partial charge is 0.444 e. The second-order valence-electron chi connectivity index (χ2n) is 8.76. The Balaban J connectivity index is 2.62. The van der Waals surface area contributed by atoms with Gasteiger partial charge in [0.05, 0.1) is 6.54 Å². The lowest BCUT2D eigenvalue weighted by molar-refractivity contribution is -0.125. The summed E-state index contributed by atoms with van der Waals surface area (Å²) >= 11 is 0. The van der Waals surface area contributed by atoms with Crippen LogP contribution in [0.25, 0.3) is 0 Å². The van der Waals surface area contributed by atoms with Crippen LogP contribution in [0.15, 0.2) is 17.1 Å². The first-order valence-corrected chi connectivity index (χ1v) is 9.83. The van der Waals surface area contributed by atoms with Crippen molar-refractivity contribution >= 4 is 24.1 Å². The summed E-state index contributed by atoms with van der Waals surface area (Å²) in [5, 5.41) is 7.62. The van der Waals surface area contributed by atoms with Gasteiger partial charge in [0.1, 0.15) is 11.2 Å². The van der Waals surface area contributed by atoms with Gasteiger partial charge in [-0.25, -0.2) is 9.59 Å². The Kier molecular flexibility index (Phi) is 9.13. The molecule has 1 aliphatic rings. The average Bonchev–Trinajstić information content (AvgIpc) is 2.55. The molecule has 0 spiro atoms. The molecule has 0 aromatic heterocycles. The maximum absolute atomic E-state index is 12.1. The maximum atomic E-state index is 12.1. The summed E-state index contributed by atoms with van der Waals surface area (Å²) in [4.78, 5) is 40.3. The third-order valence-corrected chi connectivity index (χ3v) is 3.56. The van der Waals surface area contributed by atoms with E-state index in [-0.39, 0.29) is 30.9 Å². The van der Waals surface area contributed by atoms with Gasteiger partial charge in [0.15, 0.2) is 0 Å². The standard InChI is InChI=1S/C20H34N4O5/c1-19(2,3)28-17(26)23-16(24-18(27)29-20(4,5)6)22-13-12-21-15(25)14-10-8-7-9-11-14/h7-8,14H,9-13H2,1-6H3,(H,21,25)(H2,22,23,24,26,27). The van der Waals surface area contributed by atoms with Crippen LogP contribution in [0.2, 0.25) is 0 Å². The number of allylic oxidation sites excluding steroid dienone is 2. The molecule has 0 heterocycles. The van der Waals surface area contributed by atoms with Crippen molar-refractivity contribution in [1.29, 1.82) is 0 Å². The second kappa shape index (κ2) is 10.8. The molecular formula is C20H34N4O5. The molecule has 1 atom stereocenters. The van der Waals surface area contributed by atoms with Crippen LogP contribution in [0, 0.1) is 5.92 Å². The Bertz CT molecular complexity index is 612. The monoisotopic (exact) mass is 410 g/mol. The number of hydrogen-bond donors (Lipinski definition) is 3. The van der Waals surface area contributed by atoms with Gasteiger partial charge in [-0.1, -0.05) is 12.2 Å². The van der Waals surface area contributed by atoms with Crippen molar-refractivity contribution in [2.24, 2.45) is 10.9 Å². The van der Waals surface area contributed by atoms with Crippen LogP contribution in [-0.4, -0.2) is 48.3 Å². The van der Waals surface area contributed by atoms with E-state index in [0.29, 0.717) is 0 Å². The van der Waals surface area contributed by atoms with Crippen LogP contribution in [-0.2, 0) is 14.3 Å². The Morgan fingerprint density at radius 3 is 1.97 bits per heavy atom. The number of rotatable bonds is 4. The summed E-state index contributed by atoms with van der Waals surface area (Å²) < 4.78 is 10.4. The second-order valence-corrected chi connectivity index (χ2v) is 8.76. The Labute approximate surface area is 172 Å². The molecule has 0 aliphatic heterocycles. The van der Waals surface area contributed by atoms with E-state index in [4.69, 9.17) is 9.47 Å². The van der Waals surface area contributed by atoms with Gasteiger partial charge in [0, 0.05) is 12.5 Å². The first-order chi connectivity index (χ1) is 13.4. The van der Waals surface area contributed by atoms with Crippen LogP contribution in [0.1, 0.15) is 60.8 Å². The molecule has 0 radical (unpaired) electrons. The quantitative estimate of drug-likeness (QED) is 0.285. The van der Waals surface area contributed by atoms with Crippen LogP contribution in [0.5, 0.6) is 0 Å². The van der Waals surface area contributed by atoms with Crippen molar-refractivity contribution in [3.63, 3.8) is 0 Å². The SMILES string of the molecule is CC(C)(C)OC(=O)NC(=NCCNC(=O)C1CC=CCC1)NC(=O)OC(C)(C)C. The molecule has 1 unspecified atom stereocenters.